The standard InChI is InChI=1S/C15H28O4Si/c1-14(2,3)20(6,7)17-9-10-8-11(16)13-12(10)18-15(4,5)19-13/h10,12-13H,8-9H2,1-7H3. The van der Waals surface area contributed by atoms with E-state index in [4.69, 9.17) is 13.9 Å². The summed E-state index contributed by atoms with van der Waals surface area (Å²) in [6, 6.07) is 0. The molecule has 1 aliphatic carbocycles. The Hall–Kier alpha value is -0.233. The molecule has 1 aliphatic heterocycles. The van der Waals surface area contributed by atoms with E-state index in [1.165, 1.54) is 0 Å². The van der Waals surface area contributed by atoms with Gasteiger partial charge in [-0.25, -0.2) is 0 Å². The van der Waals surface area contributed by atoms with E-state index in [-0.39, 0.29) is 22.8 Å². The fraction of sp³-hybridized carbons (Fsp3) is 0.933. The summed E-state index contributed by atoms with van der Waals surface area (Å²) in [7, 11) is -1.78. The lowest BCUT2D eigenvalue weighted by atomic mass is 10.1. The van der Waals surface area contributed by atoms with Crippen LogP contribution in [0.1, 0.15) is 41.0 Å². The highest BCUT2D eigenvalue weighted by molar-refractivity contribution is 6.74. The maximum absolute atomic E-state index is 12.0. The maximum atomic E-state index is 12.0. The van der Waals surface area contributed by atoms with Gasteiger partial charge in [-0.1, -0.05) is 20.8 Å². The molecule has 0 bridgehead atoms. The fourth-order valence-electron chi connectivity index (χ4n) is 2.56. The molecule has 20 heavy (non-hydrogen) atoms. The van der Waals surface area contributed by atoms with E-state index < -0.39 is 20.2 Å². The van der Waals surface area contributed by atoms with Crippen molar-refractivity contribution in [2.75, 3.05) is 6.61 Å². The lowest BCUT2D eigenvalue weighted by Gasteiger charge is -2.37. The summed E-state index contributed by atoms with van der Waals surface area (Å²) in [5, 5.41) is 0.182. The molecule has 0 radical (unpaired) electrons. The molecule has 2 fully saturated rings. The maximum Gasteiger partial charge on any atom is 0.191 e. The minimum Gasteiger partial charge on any atom is -0.416 e. The Morgan fingerprint density at radius 2 is 1.90 bits per heavy atom. The van der Waals surface area contributed by atoms with Crippen molar-refractivity contribution >= 4 is 14.1 Å². The van der Waals surface area contributed by atoms with Gasteiger partial charge < -0.3 is 13.9 Å². The molecule has 0 aromatic carbocycles. The highest BCUT2D eigenvalue weighted by Crippen LogP contribution is 2.42. The summed E-state index contributed by atoms with van der Waals surface area (Å²) in [6.07, 6.45) is -0.0136. The van der Waals surface area contributed by atoms with Crippen LogP contribution in [0.5, 0.6) is 0 Å². The molecule has 5 heteroatoms. The van der Waals surface area contributed by atoms with Gasteiger partial charge in [-0.3, -0.25) is 4.79 Å². The van der Waals surface area contributed by atoms with Gasteiger partial charge in [-0.05, 0) is 32.0 Å². The van der Waals surface area contributed by atoms with Crippen LogP contribution in [0.3, 0.4) is 0 Å². The molecule has 3 atom stereocenters. The van der Waals surface area contributed by atoms with Gasteiger partial charge >= 0.3 is 0 Å². The second kappa shape index (κ2) is 4.90. The lowest BCUT2D eigenvalue weighted by molar-refractivity contribution is -0.163. The number of carbonyl (C=O) groups excluding carboxylic acids is 1. The molecule has 0 aromatic rings. The molecular formula is C15H28O4Si. The Bertz CT molecular complexity index is 397. The van der Waals surface area contributed by atoms with Gasteiger partial charge in [0.15, 0.2) is 19.9 Å². The molecule has 1 saturated carbocycles. The van der Waals surface area contributed by atoms with E-state index in [0.29, 0.717) is 13.0 Å². The minimum absolute atomic E-state index is 0.128. The second-order valence-electron chi connectivity index (χ2n) is 8.02. The monoisotopic (exact) mass is 300 g/mol. The molecule has 0 spiro atoms. The first kappa shape index (κ1) is 16.1. The highest BCUT2D eigenvalue weighted by atomic mass is 28.4. The fourth-order valence-corrected chi connectivity index (χ4v) is 3.62. The Morgan fingerprint density at radius 1 is 1.30 bits per heavy atom. The van der Waals surface area contributed by atoms with E-state index in [2.05, 4.69) is 33.9 Å². The predicted molar refractivity (Wildman–Crippen MR) is 80.1 cm³/mol. The lowest BCUT2D eigenvalue weighted by Crippen LogP contribution is -2.43. The van der Waals surface area contributed by atoms with Crippen molar-refractivity contribution in [1.29, 1.82) is 0 Å². The first-order valence-electron chi connectivity index (χ1n) is 7.45. The first-order valence-corrected chi connectivity index (χ1v) is 10.4. The molecular weight excluding hydrogens is 272 g/mol. The second-order valence-corrected chi connectivity index (χ2v) is 12.8. The molecule has 0 N–H and O–H groups in total. The molecule has 1 saturated heterocycles. The summed E-state index contributed by atoms with van der Waals surface area (Å²) in [4.78, 5) is 12.0. The smallest absolute Gasteiger partial charge is 0.191 e. The van der Waals surface area contributed by atoms with Gasteiger partial charge in [0.1, 0.15) is 6.10 Å². The van der Waals surface area contributed by atoms with E-state index in [9.17, 15) is 4.79 Å². The van der Waals surface area contributed by atoms with Crippen LogP contribution < -0.4 is 0 Å². The number of ether oxygens (including phenoxy) is 2. The third-order valence-corrected chi connectivity index (χ3v) is 9.34. The minimum atomic E-state index is -1.78. The Balaban J connectivity index is 2.00. The largest absolute Gasteiger partial charge is 0.416 e. The molecule has 4 nitrogen and oxygen atoms in total. The molecule has 2 rings (SSSR count). The summed E-state index contributed by atoms with van der Waals surface area (Å²) < 4.78 is 17.9. The van der Waals surface area contributed by atoms with Crippen LogP contribution in [0.25, 0.3) is 0 Å². The number of Topliss-reactive ketones (excluding diaryl/α,β-unsaturated/α-hetero) is 1. The van der Waals surface area contributed by atoms with Crippen LogP contribution >= 0.6 is 0 Å². The summed E-state index contributed by atoms with van der Waals surface area (Å²) in [5.41, 5.74) is 0. The van der Waals surface area contributed by atoms with Crippen LogP contribution in [0.15, 0.2) is 0 Å². The average molecular weight is 300 g/mol. The number of carbonyl (C=O) groups is 1. The van der Waals surface area contributed by atoms with Crippen molar-refractivity contribution in [3.8, 4) is 0 Å². The van der Waals surface area contributed by atoms with Gasteiger partial charge in [0.2, 0.25) is 0 Å². The zero-order valence-electron chi connectivity index (χ0n) is 13.8. The van der Waals surface area contributed by atoms with Crippen molar-refractivity contribution in [2.24, 2.45) is 5.92 Å². The average Bonchev–Trinajstić information content (AvgIpc) is 2.70. The molecule has 1 heterocycles. The van der Waals surface area contributed by atoms with Crippen LogP contribution in [0.4, 0.5) is 0 Å². The van der Waals surface area contributed by atoms with Crippen molar-refractivity contribution in [1.82, 2.24) is 0 Å². The van der Waals surface area contributed by atoms with Gasteiger partial charge in [0.05, 0.1) is 6.10 Å². The summed E-state index contributed by atoms with van der Waals surface area (Å²) in [5.74, 6) is -0.367. The predicted octanol–water partition coefficient (Wildman–Crippen LogP) is 3.12. The third-order valence-electron chi connectivity index (χ3n) is 4.84. The van der Waals surface area contributed by atoms with E-state index >= 15 is 0 Å². The number of hydrogen-bond donors (Lipinski definition) is 0. The van der Waals surface area contributed by atoms with Crippen molar-refractivity contribution in [3.63, 3.8) is 0 Å². The number of ketones is 1. The van der Waals surface area contributed by atoms with Crippen molar-refractivity contribution < 1.29 is 18.7 Å². The van der Waals surface area contributed by atoms with Crippen molar-refractivity contribution in [3.05, 3.63) is 0 Å². The van der Waals surface area contributed by atoms with Crippen molar-refractivity contribution in [2.45, 2.75) is 77.2 Å². The van der Waals surface area contributed by atoms with Gasteiger partial charge in [-0.15, -0.1) is 0 Å². The zero-order chi connectivity index (χ0) is 15.3. The normalized spacial score (nSPS) is 33.5. The van der Waals surface area contributed by atoms with E-state index in [0.717, 1.165) is 0 Å². The number of rotatable bonds is 3. The van der Waals surface area contributed by atoms with Crippen LogP contribution in [-0.4, -0.2) is 38.7 Å². The molecule has 0 amide bonds. The topological polar surface area (TPSA) is 44.8 Å². The van der Waals surface area contributed by atoms with Gasteiger partial charge in [0.25, 0.3) is 0 Å². The Labute approximate surface area is 123 Å². The quantitative estimate of drug-likeness (QED) is 0.751. The van der Waals surface area contributed by atoms with E-state index in [1.54, 1.807) is 0 Å². The van der Waals surface area contributed by atoms with Gasteiger partial charge in [0, 0.05) is 18.9 Å². The summed E-state index contributed by atoms with van der Waals surface area (Å²) in [6.45, 7) is 15.5. The Kier molecular flexibility index (Phi) is 3.96. The van der Waals surface area contributed by atoms with E-state index in [1.807, 2.05) is 13.8 Å². The summed E-state index contributed by atoms with van der Waals surface area (Å²) >= 11 is 0. The molecule has 2 aliphatic rings. The SMILES string of the molecule is CC1(C)OC2C(=O)CC(CO[Si](C)(C)C(C)(C)C)C2O1. The molecule has 3 unspecified atom stereocenters. The highest BCUT2D eigenvalue weighted by Gasteiger charge is 2.54. The van der Waals surface area contributed by atoms with Gasteiger partial charge in [-0.2, -0.15) is 0 Å². The van der Waals surface area contributed by atoms with Crippen LogP contribution in [-0.2, 0) is 18.7 Å². The first-order chi connectivity index (χ1) is 8.93. The zero-order valence-corrected chi connectivity index (χ0v) is 14.8. The molecule has 116 valence electrons. The third kappa shape index (κ3) is 3.01. The van der Waals surface area contributed by atoms with Crippen LogP contribution in [0, 0.1) is 5.92 Å². The van der Waals surface area contributed by atoms with Crippen LogP contribution in [0.2, 0.25) is 18.1 Å². The molecule has 0 aromatic heterocycles. The number of fused-ring (bicyclic) bond motifs is 1. The Morgan fingerprint density at radius 3 is 2.45 bits per heavy atom. The number of hydrogen-bond acceptors (Lipinski definition) is 4.